The third-order valence-corrected chi connectivity index (χ3v) is 1.82. The molecule has 1 aromatic rings. The van der Waals surface area contributed by atoms with Crippen molar-refractivity contribution in [1.29, 1.82) is 0 Å². The summed E-state index contributed by atoms with van der Waals surface area (Å²) in [5, 5.41) is 2.95. The lowest BCUT2D eigenvalue weighted by Crippen LogP contribution is -2.03. The SMILES string of the molecule is CNCC=Cc1cc(OC)ccc1F. The van der Waals surface area contributed by atoms with Crippen molar-refractivity contribution in [3.63, 3.8) is 0 Å². The Hall–Kier alpha value is -1.35. The molecule has 0 aromatic heterocycles. The molecule has 0 atom stereocenters. The lowest BCUT2D eigenvalue weighted by atomic mass is 10.2. The Balaban J connectivity index is 2.83. The number of nitrogens with one attached hydrogen (secondary N) is 1. The van der Waals surface area contributed by atoms with E-state index < -0.39 is 0 Å². The molecule has 1 N–H and O–H groups in total. The maximum atomic E-state index is 13.2. The van der Waals surface area contributed by atoms with E-state index in [0.717, 1.165) is 6.54 Å². The topological polar surface area (TPSA) is 21.3 Å². The van der Waals surface area contributed by atoms with Gasteiger partial charge in [0.1, 0.15) is 11.6 Å². The maximum Gasteiger partial charge on any atom is 0.130 e. The molecule has 0 spiro atoms. The lowest BCUT2D eigenvalue weighted by Gasteiger charge is -2.01. The Morgan fingerprint density at radius 3 is 2.93 bits per heavy atom. The Morgan fingerprint density at radius 2 is 2.29 bits per heavy atom. The van der Waals surface area contributed by atoms with Gasteiger partial charge in [0.2, 0.25) is 0 Å². The number of hydrogen-bond acceptors (Lipinski definition) is 2. The van der Waals surface area contributed by atoms with Crippen LogP contribution in [-0.2, 0) is 0 Å². The van der Waals surface area contributed by atoms with E-state index in [2.05, 4.69) is 5.32 Å². The van der Waals surface area contributed by atoms with E-state index in [-0.39, 0.29) is 5.82 Å². The molecule has 0 saturated carbocycles. The van der Waals surface area contributed by atoms with Gasteiger partial charge in [0.05, 0.1) is 7.11 Å². The fraction of sp³-hybridized carbons (Fsp3) is 0.273. The van der Waals surface area contributed by atoms with E-state index >= 15 is 0 Å². The molecule has 3 heteroatoms. The molecule has 0 aliphatic rings. The zero-order valence-corrected chi connectivity index (χ0v) is 8.38. The highest BCUT2D eigenvalue weighted by molar-refractivity contribution is 5.52. The number of rotatable bonds is 4. The first kappa shape index (κ1) is 10.7. The highest BCUT2D eigenvalue weighted by atomic mass is 19.1. The fourth-order valence-electron chi connectivity index (χ4n) is 1.08. The van der Waals surface area contributed by atoms with Gasteiger partial charge in [0.15, 0.2) is 0 Å². The largest absolute Gasteiger partial charge is 0.497 e. The summed E-state index contributed by atoms with van der Waals surface area (Å²) in [5.74, 6) is 0.425. The van der Waals surface area contributed by atoms with Gasteiger partial charge in [-0.1, -0.05) is 12.2 Å². The van der Waals surface area contributed by atoms with Crippen LogP contribution in [0.1, 0.15) is 5.56 Å². The molecule has 0 bridgehead atoms. The molecule has 0 heterocycles. The van der Waals surface area contributed by atoms with Gasteiger partial charge >= 0.3 is 0 Å². The van der Waals surface area contributed by atoms with E-state index in [1.165, 1.54) is 6.07 Å². The molecule has 14 heavy (non-hydrogen) atoms. The van der Waals surface area contributed by atoms with Crippen molar-refractivity contribution >= 4 is 6.08 Å². The van der Waals surface area contributed by atoms with E-state index in [1.807, 2.05) is 13.1 Å². The summed E-state index contributed by atoms with van der Waals surface area (Å²) in [7, 11) is 3.40. The van der Waals surface area contributed by atoms with Crippen LogP contribution >= 0.6 is 0 Å². The predicted octanol–water partition coefficient (Wildman–Crippen LogP) is 2.07. The molecular formula is C11H14FNO. The van der Waals surface area contributed by atoms with Gasteiger partial charge in [0, 0.05) is 12.1 Å². The van der Waals surface area contributed by atoms with Crippen molar-refractivity contribution < 1.29 is 9.13 Å². The number of likely N-dealkylation sites (N-methyl/N-ethyl adjacent to an activating group) is 1. The molecule has 1 rings (SSSR count). The average molecular weight is 195 g/mol. The van der Waals surface area contributed by atoms with E-state index in [0.29, 0.717) is 11.3 Å². The Bertz CT molecular complexity index is 323. The van der Waals surface area contributed by atoms with Gasteiger partial charge < -0.3 is 10.1 Å². The van der Waals surface area contributed by atoms with Crippen LogP contribution in [0.15, 0.2) is 24.3 Å². The predicted molar refractivity (Wildman–Crippen MR) is 55.9 cm³/mol. The summed E-state index contributed by atoms with van der Waals surface area (Å²) in [6, 6.07) is 4.67. The smallest absolute Gasteiger partial charge is 0.130 e. The van der Waals surface area contributed by atoms with Crippen molar-refractivity contribution in [2.24, 2.45) is 0 Å². The first-order valence-electron chi connectivity index (χ1n) is 4.42. The Kier molecular flexibility index (Phi) is 4.13. The maximum absolute atomic E-state index is 13.2. The molecule has 0 aliphatic heterocycles. The van der Waals surface area contributed by atoms with Gasteiger partial charge in [0.25, 0.3) is 0 Å². The van der Waals surface area contributed by atoms with Gasteiger partial charge in [-0.2, -0.15) is 0 Å². The molecule has 2 nitrogen and oxygen atoms in total. The molecule has 76 valence electrons. The second-order valence-electron chi connectivity index (χ2n) is 2.85. The lowest BCUT2D eigenvalue weighted by molar-refractivity contribution is 0.413. The van der Waals surface area contributed by atoms with Gasteiger partial charge in [-0.3, -0.25) is 0 Å². The van der Waals surface area contributed by atoms with Crippen LogP contribution in [0.3, 0.4) is 0 Å². The van der Waals surface area contributed by atoms with Crippen LogP contribution in [-0.4, -0.2) is 20.7 Å². The second-order valence-corrected chi connectivity index (χ2v) is 2.85. The van der Waals surface area contributed by atoms with Crippen molar-refractivity contribution in [3.8, 4) is 5.75 Å². The van der Waals surface area contributed by atoms with Gasteiger partial charge in [-0.25, -0.2) is 4.39 Å². The van der Waals surface area contributed by atoms with Crippen LogP contribution in [0.5, 0.6) is 5.75 Å². The van der Waals surface area contributed by atoms with Gasteiger partial charge in [-0.15, -0.1) is 0 Å². The quantitative estimate of drug-likeness (QED) is 0.794. The number of halogens is 1. The summed E-state index contributed by atoms with van der Waals surface area (Å²) in [5.41, 5.74) is 0.541. The Morgan fingerprint density at radius 1 is 1.50 bits per heavy atom. The summed E-state index contributed by atoms with van der Waals surface area (Å²) in [6.45, 7) is 0.719. The normalized spacial score (nSPS) is 10.8. The van der Waals surface area contributed by atoms with E-state index in [9.17, 15) is 4.39 Å². The highest BCUT2D eigenvalue weighted by Gasteiger charge is 1.99. The standard InChI is InChI=1S/C11H14FNO/c1-13-7-3-4-9-8-10(14-2)5-6-11(9)12/h3-6,8,13H,7H2,1-2H3. The summed E-state index contributed by atoms with van der Waals surface area (Å²) < 4.78 is 18.2. The molecular weight excluding hydrogens is 181 g/mol. The van der Waals surface area contributed by atoms with Crippen LogP contribution in [0.4, 0.5) is 4.39 Å². The molecule has 0 radical (unpaired) electrons. The third kappa shape index (κ3) is 2.85. The van der Waals surface area contributed by atoms with E-state index in [1.54, 1.807) is 25.3 Å². The first-order valence-corrected chi connectivity index (χ1v) is 4.42. The molecule has 0 unspecified atom stereocenters. The Labute approximate surface area is 83.4 Å². The number of ether oxygens (including phenoxy) is 1. The van der Waals surface area contributed by atoms with Crippen LogP contribution in [0.25, 0.3) is 6.08 Å². The average Bonchev–Trinajstić information content (AvgIpc) is 2.21. The van der Waals surface area contributed by atoms with E-state index in [4.69, 9.17) is 4.74 Å². The highest BCUT2D eigenvalue weighted by Crippen LogP contribution is 2.17. The molecule has 0 amide bonds. The number of hydrogen-bond donors (Lipinski definition) is 1. The minimum atomic E-state index is -0.238. The molecule has 0 fully saturated rings. The van der Waals surface area contributed by atoms with Gasteiger partial charge in [-0.05, 0) is 25.2 Å². The monoisotopic (exact) mass is 195 g/mol. The number of benzene rings is 1. The summed E-state index contributed by atoms with van der Waals surface area (Å²) >= 11 is 0. The van der Waals surface area contributed by atoms with Crippen molar-refractivity contribution in [2.75, 3.05) is 20.7 Å². The zero-order chi connectivity index (χ0) is 10.4. The van der Waals surface area contributed by atoms with Crippen LogP contribution in [0.2, 0.25) is 0 Å². The summed E-state index contributed by atoms with van der Waals surface area (Å²) in [6.07, 6.45) is 3.59. The van der Waals surface area contributed by atoms with Crippen molar-refractivity contribution in [3.05, 3.63) is 35.7 Å². The summed E-state index contributed by atoms with van der Waals surface area (Å²) in [4.78, 5) is 0. The zero-order valence-electron chi connectivity index (χ0n) is 8.38. The molecule has 0 aliphatic carbocycles. The number of methoxy groups -OCH3 is 1. The first-order chi connectivity index (χ1) is 6.77. The molecule has 0 saturated heterocycles. The van der Waals surface area contributed by atoms with Crippen molar-refractivity contribution in [2.45, 2.75) is 0 Å². The fourth-order valence-corrected chi connectivity index (χ4v) is 1.08. The minimum Gasteiger partial charge on any atom is -0.497 e. The minimum absolute atomic E-state index is 0.238. The molecule has 1 aromatic carbocycles. The second kappa shape index (κ2) is 5.40. The van der Waals surface area contributed by atoms with Crippen molar-refractivity contribution in [1.82, 2.24) is 5.32 Å². The third-order valence-electron chi connectivity index (χ3n) is 1.82. The van der Waals surface area contributed by atoms with Crippen LogP contribution < -0.4 is 10.1 Å². The van der Waals surface area contributed by atoms with Crippen LogP contribution in [0, 0.1) is 5.82 Å².